The first-order valence-corrected chi connectivity index (χ1v) is 5.99. The maximum atomic E-state index is 4.28. The van der Waals surface area contributed by atoms with Crippen LogP contribution in [0.3, 0.4) is 0 Å². The van der Waals surface area contributed by atoms with E-state index in [-0.39, 0.29) is 0 Å². The number of hydrogen-bond acceptors (Lipinski definition) is 7. The molecule has 2 rings (SSSR count). The molecule has 0 aromatic carbocycles. The molecule has 1 N–H and O–H groups in total. The van der Waals surface area contributed by atoms with Gasteiger partial charge in [0.05, 0.1) is 0 Å². The molecule has 0 atom stereocenters. The van der Waals surface area contributed by atoms with E-state index in [9.17, 15) is 0 Å². The first-order valence-electron chi connectivity index (χ1n) is 5.18. The molecule has 0 unspecified atom stereocenters. The average molecular weight is 251 g/mol. The van der Waals surface area contributed by atoms with Gasteiger partial charge in [0.25, 0.3) is 0 Å². The van der Waals surface area contributed by atoms with E-state index in [2.05, 4.69) is 37.7 Å². The zero-order valence-corrected chi connectivity index (χ0v) is 10.7. The van der Waals surface area contributed by atoms with Crippen LogP contribution in [0.25, 0.3) is 0 Å². The molecule has 0 aliphatic rings. The van der Waals surface area contributed by atoms with Crippen LogP contribution in [0.2, 0.25) is 0 Å². The van der Waals surface area contributed by atoms with Crippen molar-refractivity contribution in [3.05, 3.63) is 11.9 Å². The summed E-state index contributed by atoms with van der Waals surface area (Å²) < 4.78 is 1.62. The molecule has 8 heteroatoms. The van der Waals surface area contributed by atoms with Gasteiger partial charge in [-0.25, -0.2) is 14.6 Å². The topological polar surface area (TPSA) is 81.4 Å². The zero-order valence-electron chi connectivity index (χ0n) is 9.88. The molecule has 0 saturated carbocycles. The molecule has 2 aromatic heterocycles. The molecule has 0 aliphatic carbocycles. The smallest absolute Gasteiger partial charge is 0.215 e. The highest BCUT2D eigenvalue weighted by atomic mass is 32.2. The second-order valence-electron chi connectivity index (χ2n) is 3.30. The molecule has 0 aliphatic heterocycles. The minimum Gasteiger partial charge on any atom is -0.373 e. The summed E-state index contributed by atoms with van der Waals surface area (Å²) in [4.78, 5) is 8.46. The van der Waals surface area contributed by atoms with E-state index in [1.807, 2.05) is 7.05 Å². The standard InChI is InChI=1S/C9H13N7S/c1-4-6-7(10-2)11-5-12-8(6)17-9-13-14-15-16(9)3/h5H,4H2,1-3H3,(H,10,11,12). The SMILES string of the molecule is CCc1c(NC)ncnc1Sc1nnnn1C. The summed E-state index contributed by atoms with van der Waals surface area (Å²) in [6.07, 6.45) is 2.39. The van der Waals surface area contributed by atoms with E-state index in [0.717, 1.165) is 22.8 Å². The number of nitrogens with zero attached hydrogens (tertiary/aromatic N) is 6. The van der Waals surface area contributed by atoms with Crippen molar-refractivity contribution in [3.63, 3.8) is 0 Å². The van der Waals surface area contributed by atoms with Crippen molar-refractivity contribution in [3.8, 4) is 0 Å². The van der Waals surface area contributed by atoms with E-state index in [1.54, 1.807) is 11.7 Å². The Hall–Kier alpha value is -1.70. The van der Waals surface area contributed by atoms with Gasteiger partial charge < -0.3 is 5.32 Å². The first-order chi connectivity index (χ1) is 8.26. The Labute approximate surface area is 103 Å². The molecule has 2 heterocycles. The van der Waals surface area contributed by atoms with Gasteiger partial charge in [0, 0.05) is 19.7 Å². The monoisotopic (exact) mass is 251 g/mol. The number of rotatable bonds is 4. The van der Waals surface area contributed by atoms with Gasteiger partial charge in [-0.15, -0.1) is 5.10 Å². The summed E-state index contributed by atoms with van der Waals surface area (Å²) in [6.45, 7) is 2.07. The largest absolute Gasteiger partial charge is 0.373 e. The second kappa shape index (κ2) is 5.09. The summed E-state index contributed by atoms with van der Waals surface area (Å²) >= 11 is 1.44. The van der Waals surface area contributed by atoms with Gasteiger partial charge in [0.15, 0.2) is 0 Å². The molecule has 2 aromatic rings. The highest BCUT2D eigenvalue weighted by molar-refractivity contribution is 7.99. The number of aryl methyl sites for hydroxylation is 1. The van der Waals surface area contributed by atoms with Crippen LogP contribution >= 0.6 is 11.8 Å². The quantitative estimate of drug-likeness (QED) is 0.803. The summed E-state index contributed by atoms with van der Waals surface area (Å²) in [5, 5.41) is 16.0. The van der Waals surface area contributed by atoms with E-state index >= 15 is 0 Å². The van der Waals surface area contributed by atoms with Gasteiger partial charge in [0.1, 0.15) is 17.2 Å². The molecule has 17 heavy (non-hydrogen) atoms. The molecule has 0 radical (unpaired) electrons. The van der Waals surface area contributed by atoms with Crippen molar-refractivity contribution >= 4 is 17.6 Å². The first kappa shape index (κ1) is 11.8. The molecule has 0 bridgehead atoms. The van der Waals surface area contributed by atoms with Crippen LogP contribution < -0.4 is 5.32 Å². The molecular formula is C9H13N7S. The summed E-state index contributed by atoms with van der Waals surface area (Å²) in [7, 11) is 3.65. The van der Waals surface area contributed by atoms with Gasteiger partial charge >= 0.3 is 0 Å². The van der Waals surface area contributed by atoms with Gasteiger partial charge in [0.2, 0.25) is 5.16 Å². The predicted molar refractivity (Wildman–Crippen MR) is 63.9 cm³/mol. The second-order valence-corrected chi connectivity index (χ2v) is 4.25. The number of anilines is 1. The Morgan fingerprint density at radius 2 is 2.24 bits per heavy atom. The molecule has 0 amide bonds. The lowest BCUT2D eigenvalue weighted by Crippen LogP contribution is -2.02. The highest BCUT2D eigenvalue weighted by Gasteiger charge is 2.13. The van der Waals surface area contributed by atoms with E-state index in [4.69, 9.17) is 0 Å². The van der Waals surface area contributed by atoms with E-state index in [0.29, 0.717) is 5.16 Å². The van der Waals surface area contributed by atoms with Crippen molar-refractivity contribution in [2.75, 3.05) is 12.4 Å². The molecular weight excluding hydrogens is 238 g/mol. The number of aromatic nitrogens is 6. The average Bonchev–Trinajstić information content (AvgIpc) is 2.74. The third-order valence-electron chi connectivity index (χ3n) is 2.27. The number of tetrazole rings is 1. The minimum absolute atomic E-state index is 0.709. The van der Waals surface area contributed by atoms with Crippen molar-refractivity contribution in [2.24, 2.45) is 7.05 Å². The van der Waals surface area contributed by atoms with Crippen LogP contribution in [0.15, 0.2) is 16.5 Å². The number of hydrogen-bond donors (Lipinski definition) is 1. The van der Waals surface area contributed by atoms with Crippen molar-refractivity contribution in [1.82, 2.24) is 30.2 Å². The van der Waals surface area contributed by atoms with Gasteiger partial charge in [-0.1, -0.05) is 6.92 Å². The van der Waals surface area contributed by atoms with Gasteiger partial charge in [-0.3, -0.25) is 0 Å². The minimum atomic E-state index is 0.709. The van der Waals surface area contributed by atoms with Gasteiger partial charge in [-0.05, 0) is 28.6 Å². The Bertz CT molecular complexity index is 510. The molecule has 0 fully saturated rings. The van der Waals surface area contributed by atoms with Crippen LogP contribution in [0, 0.1) is 0 Å². The third kappa shape index (κ3) is 2.36. The lowest BCUT2D eigenvalue weighted by atomic mass is 10.2. The summed E-state index contributed by atoms with van der Waals surface area (Å²) in [6, 6.07) is 0. The fourth-order valence-corrected chi connectivity index (χ4v) is 2.30. The van der Waals surface area contributed by atoms with Crippen LogP contribution in [-0.4, -0.2) is 37.2 Å². The fourth-order valence-electron chi connectivity index (χ4n) is 1.41. The fraction of sp³-hybridized carbons (Fsp3) is 0.444. The van der Waals surface area contributed by atoms with Crippen LogP contribution in [0.4, 0.5) is 5.82 Å². The molecule has 90 valence electrons. The third-order valence-corrected chi connectivity index (χ3v) is 3.34. The lowest BCUT2D eigenvalue weighted by Gasteiger charge is -2.09. The maximum absolute atomic E-state index is 4.28. The lowest BCUT2D eigenvalue weighted by molar-refractivity contribution is 0.664. The predicted octanol–water partition coefficient (Wildman–Crippen LogP) is 0.755. The molecule has 7 nitrogen and oxygen atoms in total. The summed E-state index contributed by atoms with van der Waals surface area (Å²) in [5.74, 6) is 0.847. The van der Waals surface area contributed by atoms with Crippen LogP contribution in [0.5, 0.6) is 0 Å². The summed E-state index contributed by atoms with van der Waals surface area (Å²) in [5.41, 5.74) is 1.07. The Morgan fingerprint density at radius 3 is 2.82 bits per heavy atom. The van der Waals surface area contributed by atoms with Crippen molar-refractivity contribution < 1.29 is 0 Å². The molecule has 0 saturated heterocycles. The molecule has 0 spiro atoms. The van der Waals surface area contributed by atoms with Crippen LogP contribution in [0.1, 0.15) is 12.5 Å². The van der Waals surface area contributed by atoms with E-state index < -0.39 is 0 Å². The normalized spacial score (nSPS) is 10.5. The Morgan fingerprint density at radius 1 is 1.41 bits per heavy atom. The zero-order chi connectivity index (χ0) is 12.3. The maximum Gasteiger partial charge on any atom is 0.215 e. The number of nitrogens with one attached hydrogen (secondary N) is 1. The van der Waals surface area contributed by atoms with Gasteiger partial charge in [-0.2, -0.15) is 0 Å². The Balaban J connectivity index is 2.36. The highest BCUT2D eigenvalue weighted by Crippen LogP contribution is 2.29. The van der Waals surface area contributed by atoms with Crippen LogP contribution in [-0.2, 0) is 13.5 Å². The van der Waals surface area contributed by atoms with Crippen molar-refractivity contribution in [1.29, 1.82) is 0 Å². The van der Waals surface area contributed by atoms with Crippen molar-refractivity contribution in [2.45, 2.75) is 23.5 Å². The Kier molecular flexibility index (Phi) is 3.52. The van der Waals surface area contributed by atoms with E-state index in [1.165, 1.54) is 18.1 Å².